The standard InChI is InChI=1S/C20H25FN6O4/c1-4-16(26-20(28)29)12(2)24-19-15(21)9-13(11-22)18(27-19)25-14-5-6-23-17(10-14)31-8-7-30-3/h5-6,9-10,12,16,26H,4,7-8H2,1-3H3,(H,28,29)(H2,23,24,25,27)/t12-,16+/m1/s1. The maximum absolute atomic E-state index is 14.5. The molecule has 10 nitrogen and oxygen atoms in total. The van der Waals surface area contributed by atoms with Crippen LogP contribution in [0, 0.1) is 17.1 Å². The fourth-order valence-electron chi connectivity index (χ4n) is 2.76. The number of nitriles is 1. The van der Waals surface area contributed by atoms with Crippen molar-refractivity contribution in [3.05, 3.63) is 35.8 Å². The van der Waals surface area contributed by atoms with E-state index in [1.54, 1.807) is 26.2 Å². The summed E-state index contributed by atoms with van der Waals surface area (Å²) in [4.78, 5) is 19.2. The molecule has 2 rings (SSSR count). The second kappa shape index (κ2) is 11.5. The number of amides is 1. The van der Waals surface area contributed by atoms with Crippen LogP contribution >= 0.6 is 0 Å². The van der Waals surface area contributed by atoms with Gasteiger partial charge >= 0.3 is 6.09 Å². The van der Waals surface area contributed by atoms with Gasteiger partial charge in [-0.05, 0) is 25.5 Å². The Labute approximate surface area is 179 Å². The Morgan fingerprint density at radius 3 is 2.77 bits per heavy atom. The summed E-state index contributed by atoms with van der Waals surface area (Å²) in [7, 11) is 1.56. The molecule has 0 aliphatic rings. The highest BCUT2D eigenvalue weighted by Gasteiger charge is 2.20. The largest absolute Gasteiger partial charge is 0.475 e. The normalized spacial score (nSPS) is 12.4. The third-order valence-electron chi connectivity index (χ3n) is 4.35. The zero-order chi connectivity index (χ0) is 22.8. The van der Waals surface area contributed by atoms with E-state index in [4.69, 9.17) is 14.6 Å². The minimum atomic E-state index is -1.17. The van der Waals surface area contributed by atoms with Crippen LogP contribution in [0.15, 0.2) is 24.4 Å². The summed E-state index contributed by atoms with van der Waals surface area (Å²) in [5.41, 5.74) is 0.543. The highest BCUT2D eigenvalue weighted by Crippen LogP contribution is 2.25. The Bertz CT molecular complexity index is 936. The molecule has 0 fully saturated rings. The zero-order valence-electron chi connectivity index (χ0n) is 17.5. The second-order valence-corrected chi connectivity index (χ2v) is 6.57. The lowest BCUT2D eigenvalue weighted by Gasteiger charge is -2.24. The van der Waals surface area contributed by atoms with Gasteiger partial charge in [0.2, 0.25) is 5.88 Å². The molecule has 11 heteroatoms. The summed E-state index contributed by atoms with van der Waals surface area (Å²) >= 11 is 0. The molecule has 166 valence electrons. The molecule has 2 aromatic heterocycles. The molecule has 0 spiro atoms. The zero-order valence-corrected chi connectivity index (χ0v) is 17.5. The molecule has 1 amide bonds. The number of nitrogens with one attached hydrogen (secondary N) is 3. The molecule has 0 bridgehead atoms. The van der Waals surface area contributed by atoms with Crippen LogP contribution < -0.4 is 20.7 Å². The molecule has 0 aliphatic carbocycles. The van der Waals surface area contributed by atoms with Crippen LogP contribution in [0.4, 0.5) is 26.5 Å². The van der Waals surface area contributed by atoms with Crippen LogP contribution in [-0.4, -0.2) is 53.6 Å². The van der Waals surface area contributed by atoms with Gasteiger partial charge in [0.15, 0.2) is 17.5 Å². The van der Waals surface area contributed by atoms with Gasteiger partial charge in [0.25, 0.3) is 0 Å². The van der Waals surface area contributed by atoms with Crippen LogP contribution in [0.1, 0.15) is 25.8 Å². The van der Waals surface area contributed by atoms with Gasteiger partial charge in [-0.1, -0.05) is 6.92 Å². The van der Waals surface area contributed by atoms with Crippen molar-refractivity contribution in [3.63, 3.8) is 0 Å². The third kappa shape index (κ3) is 6.97. The Hall–Kier alpha value is -3.65. The first-order valence-electron chi connectivity index (χ1n) is 9.59. The average molecular weight is 432 g/mol. The van der Waals surface area contributed by atoms with Crippen molar-refractivity contribution in [2.24, 2.45) is 0 Å². The molecule has 0 unspecified atom stereocenters. The van der Waals surface area contributed by atoms with Crippen molar-refractivity contribution in [1.29, 1.82) is 5.26 Å². The SMILES string of the molecule is CC[C@H](NC(=O)O)[C@@H](C)Nc1nc(Nc2ccnc(OCCOC)c2)c(C#N)cc1F. The molecular formula is C20H25FN6O4. The van der Waals surface area contributed by atoms with E-state index in [2.05, 4.69) is 25.9 Å². The van der Waals surface area contributed by atoms with Crippen molar-refractivity contribution in [1.82, 2.24) is 15.3 Å². The minimum absolute atomic E-state index is 0.00469. The van der Waals surface area contributed by atoms with E-state index >= 15 is 0 Å². The first-order valence-corrected chi connectivity index (χ1v) is 9.59. The lowest BCUT2D eigenvalue weighted by Crippen LogP contribution is -2.44. The number of hydrogen-bond donors (Lipinski definition) is 4. The van der Waals surface area contributed by atoms with Gasteiger partial charge in [0.1, 0.15) is 12.7 Å². The molecule has 2 atom stereocenters. The molecule has 4 N–H and O–H groups in total. The molecule has 0 aromatic carbocycles. The number of rotatable bonds is 11. The maximum Gasteiger partial charge on any atom is 0.404 e. The van der Waals surface area contributed by atoms with Crippen LogP contribution in [-0.2, 0) is 4.74 Å². The van der Waals surface area contributed by atoms with E-state index in [0.29, 0.717) is 31.2 Å². The Kier molecular flexibility index (Phi) is 8.78. The van der Waals surface area contributed by atoms with E-state index in [1.807, 2.05) is 13.0 Å². The molecule has 2 heterocycles. The summed E-state index contributed by atoms with van der Waals surface area (Å²) < 4.78 is 24.9. The monoisotopic (exact) mass is 432 g/mol. The van der Waals surface area contributed by atoms with Crippen LogP contribution in [0.3, 0.4) is 0 Å². The topological polar surface area (TPSA) is 141 Å². The fourth-order valence-corrected chi connectivity index (χ4v) is 2.76. The van der Waals surface area contributed by atoms with Crippen molar-refractivity contribution < 1.29 is 23.8 Å². The predicted molar refractivity (Wildman–Crippen MR) is 112 cm³/mol. The molecule has 0 radical (unpaired) electrons. The number of carboxylic acid groups (broad SMARTS) is 1. The van der Waals surface area contributed by atoms with Crippen molar-refractivity contribution >= 4 is 23.4 Å². The second-order valence-electron chi connectivity index (χ2n) is 6.57. The minimum Gasteiger partial charge on any atom is -0.475 e. The van der Waals surface area contributed by atoms with Gasteiger partial charge in [-0.15, -0.1) is 0 Å². The number of pyridine rings is 2. The van der Waals surface area contributed by atoms with Crippen molar-refractivity contribution in [3.8, 4) is 11.9 Å². The molecule has 2 aromatic rings. The molecule has 0 saturated heterocycles. The molecular weight excluding hydrogens is 407 g/mol. The summed E-state index contributed by atoms with van der Waals surface area (Å²) in [6, 6.07) is 5.32. The van der Waals surface area contributed by atoms with Gasteiger partial charge in [-0.3, -0.25) is 0 Å². The first kappa shape index (κ1) is 23.6. The van der Waals surface area contributed by atoms with Crippen LogP contribution in [0.25, 0.3) is 0 Å². The van der Waals surface area contributed by atoms with Gasteiger partial charge in [-0.2, -0.15) is 5.26 Å². The summed E-state index contributed by atoms with van der Waals surface area (Å²) in [6.07, 6.45) is 0.842. The van der Waals surface area contributed by atoms with Crippen molar-refractivity contribution in [2.45, 2.75) is 32.4 Å². The van der Waals surface area contributed by atoms with Crippen LogP contribution in [0.2, 0.25) is 0 Å². The summed E-state index contributed by atoms with van der Waals surface area (Å²) in [5.74, 6) is -0.352. The number of carbonyl (C=O) groups is 1. The highest BCUT2D eigenvalue weighted by molar-refractivity contribution is 5.66. The number of hydrogen-bond acceptors (Lipinski definition) is 8. The quantitative estimate of drug-likeness (QED) is 0.394. The number of anilines is 3. The van der Waals surface area contributed by atoms with E-state index in [-0.39, 0.29) is 17.2 Å². The van der Waals surface area contributed by atoms with E-state index in [1.165, 1.54) is 6.20 Å². The van der Waals surface area contributed by atoms with Gasteiger partial charge < -0.3 is 30.5 Å². The Balaban J connectivity index is 2.23. The van der Waals surface area contributed by atoms with Gasteiger partial charge in [0, 0.05) is 31.1 Å². The Morgan fingerprint density at radius 1 is 1.35 bits per heavy atom. The summed E-state index contributed by atoms with van der Waals surface area (Å²) in [6.45, 7) is 4.24. The lowest BCUT2D eigenvalue weighted by molar-refractivity contribution is 0.144. The Morgan fingerprint density at radius 2 is 2.13 bits per heavy atom. The summed E-state index contributed by atoms with van der Waals surface area (Å²) in [5, 5.41) is 26.6. The van der Waals surface area contributed by atoms with E-state index < -0.39 is 24.0 Å². The molecule has 0 aliphatic heterocycles. The average Bonchev–Trinajstić information content (AvgIpc) is 2.74. The molecule has 31 heavy (non-hydrogen) atoms. The smallest absolute Gasteiger partial charge is 0.404 e. The van der Waals surface area contributed by atoms with E-state index in [9.17, 15) is 14.4 Å². The third-order valence-corrected chi connectivity index (χ3v) is 4.35. The fraction of sp³-hybridized carbons (Fsp3) is 0.400. The predicted octanol–water partition coefficient (Wildman–Crippen LogP) is 3.10. The van der Waals surface area contributed by atoms with Gasteiger partial charge in [0.05, 0.1) is 18.2 Å². The number of ether oxygens (including phenoxy) is 2. The first-order chi connectivity index (χ1) is 14.9. The van der Waals surface area contributed by atoms with Crippen LogP contribution in [0.5, 0.6) is 5.88 Å². The number of nitrogens with zero attached hydrogens (tertiary/aromatic N) is 3. The number of methoxy groups -OCH3 is 1. The van der Waals surface area contributed by atoms with Crippen molar-refractivity contribution in [2.75, 3.05) is 31.0 Å². The lowest BCUT2D eigenvalue weighted by atomic mass is 10.1. The number of halogens is 1. The van der Waals surface area contributed by atoms with E-state index in [0.717, 1.165) is 6.07 Å². The number of aromatic nitrogens is 2. The highest BCUT2D eigenvalue weighted by atomic mass is 19.1. The molecule has 0 saturated carbocycles. The maximum atomic E-state index is 14.5. The van der Waals surface area contributed by atoms with Gasteiger partial charge in [-0.25, -0.2) is 19.2 Å².